The highest BCUT2D eigenvalue weighted by Crippen LogP contribution is 2.24. The zero-order valence-electron chi connectivity index (χ0n) is 15.5. The van der Waals surface area contributed by atoms with E-state index in [0.29, 0.717) is 28.7 Å². The van der Waals surface area contributed by atoms with Crippen LogP contribution in [0.15, 0.2) is 11.1 Å². The summed E-state index contributed by atoms with van der Waals surface area (Å²) >= 11 is 12.2. The normalized spacial score (nSPS) is 19.0. The van der Waals surface area contributed by atoms with Gasteiger partial charge in [0.15, 0.2) is 5.96 Å². The van der Waals surface area contributed by atoms with Gasteiger partial charge in [-0.2, -0.15) is 0 Å². The minimum atomic E-state index is 0. The molecule has 144 valence electrons. The maximum atomic E-state index is 6.10. The van der Waals surface area contributed by atoms with Gasteiger partial charge < -0.3 is 20.1 Å². The van der Waals surface area contributed by atoms with Crippen molar-refractivity contribution in [2.24, 2.45) is 18.0 Å². The van der Waals surface area contributed by atoms with Crippen LogP contribution < -0.4 is 10.6 Å². The Balaban J connectivity index is 0.00000312. The third-order valence-electron chi connectivity index (χ3n) is 4.72. The van der Waals surface area contributed by atoms with Gasteiger partial charge >= 0.3 is 0 Å². The molecule has 0 amide bonds. The highest BCUT2D eigenvalue weighted by atomic mass is 127. The first-order chi connectivity index (χ1) is 11.4. The Morgan fingerprint density at radius 1 is 1.36 bits per heavy atom. The highest BCUT2D eigenvalue weighted by Gasteiger charge is 2.21. The summed E-state index contributed by atoms with van der Waals surface area (Å²) < 4.78 is 1.88. The second-order valence-corrected chi connectivity index (χ2v) is 7.50. The molecule has 1 fully saturated rings. The number of rotatable bonds is 5. The average molecular weight is 502 g/mol. The van der Waals surface area contributed by atoms with E-state index < -0.39 is 0 Å². The van der Waals surface area contributed by atoms with Crippen molar-refractivity contribution in [2.75, 3.05) is 26.7 Å². The van der Waals surface area contributed by atoms with Gasteiger partial charge in [-0.25, -0.2) is 0 Å². The van der Waals surface area contributed by atoms with E-state index in [9.17, 15) is 0 Å². The van der Waals surface area contributed by atoms with Crippen LogP contribution in [0, 0.1) is 5.92 Å². The molecule has 1 aromatic rings. The SMILES string of the molecule is CN=C(NCc1cc(Cl)c(Cl)n1C)NCC1CCCN(C(C)C)C1.I. The molecule has 1 aliphatic rings. The van der Waals surface area contributed by atoms with Crippen LogP contribution >= 0.6 is 47.2 Å². The van der Waals surface area contributed by atoms with Crippen molar-refractivity contribution in [1.82, 2.24) is 20.1 Å². The number of halogens is 3. The third kappa shape index (κ3) is 6.48. The molecule has 1 aliphatic heterocycles. The molecule has 1 aromatic heterocycles. The smallest absolute Gasteiger partial charge is 0.191 e. The van der Waals surface area contributed by atoms with E-state index in [1.807, 2.05) is 17.7 Å². The molecule has 0 spiro atoms. The Hall–Kier alpha value is -0.180. The van der Waals surface area contributed by atoms with Crippen LogP contribution in [0.1, 0.15) is 32.4 Å². The molecular weight excluding hydrogens is 472 g/mol. The Bertz CT molecular complexity index is 574. The van der Waals surface area contributed by atoms with Crippen LogP contribution in [-0.4, -0.2) is 48.2 Å². The maximum absolute atomic E-state index is 6.10. The number of likely N-dealkylation sites (tertiary alicyclic amines) is 1. The third-order valence-corrected chi connectivity index (χ3v) is 5.56. The fourth-order valence-corrected chi connectivity index (χ4v) is 3.54. The van der Waals surface area contributed by atoms with Crippen molar-refractivity contribution in [3.63, 3.8) is 0 Å². The van der Waals surface area contributed by atoms with E-state index in [-0.39, 0.29) is 24.0 Å². The lowest BCUT2D eigenvalue weighted by Gasteiger charge is -2.35. The van der Waals surface area contributed by atoms with Crippen molar-refractivity contribution in [2.45, 2.75) is 39.3 Å². The van der Waals surface area contributed by atoms with Crippen molar-refractivity contribution >= 4 is 53.1 Å². The topological polar surface area (TPSA) is 44.6 Å². The lowest BCUT2D eigenvalue weighted by Crippen LogP contribution is -2.46. The Kier molecular flexibility index (Phi) is 9.92. The van der Waals surface area contributed by atoms with Gasteiger partial charge in [0.25, 0.3) is 0 Å². The molecule has 1 atom stereocenters. The van der Waals surface area contributed by atoms with Crippen LogP contribution in [0.5, 0.6) is 0 Å². The minimum absolute atomic E-state index is 0. The number of aliphatic imine (C=N–C) groups is 1. The summed E-state index contributed by atoms with van der Waals surface area (Å²) in [4.78, 5) is 6.86. The summed E-state index contributed by atoms with van der Waals surface area (Å²) in [7, 11) is 3.70. The van der Waals surface area contributed by atoms with Gasteiger partial charge in [-0.05, 0) is 45.2 Å². The van der Waals surface area contributed by atoms with E-state index in [1.54, 1.807) is 7.05 Å². The van der Waals surface area contributed by atoms with Crippen LogP contribution in [0.3, 0.4) is 0 Å². The zero-order chi connectivity index (χ0) is 17.7. The van der Waals surface area contributed by atoms with Crippen LogP contribution in [0.4, 0.5) is 0 Å². The van der Waals surface area contributed by atoms with E-state index in [4.69, 9.17) is 23.2 Å². The first-order valence-corrected chi connectivity index (χ1v) is 9.36. The van der Waals surface area contributed by atoms with Crippen molar-refractivity contribution in [3.05, 3.63) is 21.9 Å². The predicted octanol–water partition coefficient (Wildman–Crippen LogP) is 3.74. The number of aromatic nitrogens is 1. The number of hydrogen-bond acceptors (Lipinski definition) is 2. The van der Waals surface area contributed by atoms with Crippen LogP contribution in [0.2, 0.25) is 10.2 Å². The van der Waals surface area contributed by atoms with Gasteiger partial charge in [0.1, 0.15) is 5.15 Å². The average Bonchev–Trinajstić information content (AvgIpc) is 2.82. The largest absolute Gasteiger partial charge is 0.356 e. The summed E-state index contributed by atoms with van der Waals surface area (Å²) in [6, 6.07) is 2.50. The Morgan fingerprint density at radius 2 is 2.08 bits per heavy atom. The van der Waals surface area contributed by atoms with Crippen LogP contribution in [0.25, 0.3) is 0 Å². The molecule has 0 aliphatic carbocycles. The summed E-state index contributed by atoms with van der Waals surface area (Å²) in [5.41, 5.74) is 1.02. The summed E-state index contributed by atoms with van der Waals surface area (Å²) in [6.07, 6.45) is 2.55. The van der Waals surface area contributed by atoms with E-state index in [2.05, 4.69) is 34.4 Å². The predicted molar refractivity (Wildman–Crippen MR) is 118 cm³/mol. The molecule has 0 saturated carbocycles. The molecule has 0 radical (unpaired) electrons. The molecule has 0 aromatic carbocycles. The molecular formula is C17H30Cl2IN5. The second-order valence-electron chi connectivity index (χ2n) is 6.74. The van der Waals surface area contributed by atoms with E-state index >= 15 is 0 Å². The molecule has 8 heteroatoms. The number of nitrogens with zero attached hydrogens (tertiary/aromatic N) is 3. The van der Waals surface area contributed by atoms with Gasteiger partial charge in [-0.15, -0.1) is 24.0 Å². The Labute approximate surface area is 178 Å². The van der Waals surface area contributed by atoms with Gasteiger partial charge in [0.2, 0.25) is 0 Å². The van der Waals surface area contributed by atoms with Gasteiger partial charge in [-0.1, -0.05) is 23.2 Å². The van der Waals surface area contributed by atoms with Gasteiger partial charge in [0, 0.05) is 38.9 Å². The van der Waals surface area contributed by atoms with Crippen LogP contribution in [-0.2, 0) is 13.6 Å². The number of hydrogen-bond donors (Lipinski definition) is 2. The molecule has 2 N–H and O–H groups in total. The Morgan fingerprint density at radius 3 is 2.64 bits per heavy atom. The van der Waals surface area contributed by atoms with Crippen molar-refractivity contribution in [3.8, 4) is 0 Å². The standard InChI is InChI=1S/C17H29Cl2N5.HI/c1-12(2)24-7-5-6-13(11-24)9-21-17(20-3)22-10-14-8-15(18)16(19)23(14)4;/h8,12-13H,5-7,9-11H2,1-4H3,(H2,20,21,22);1H. The fourth-order valence-electron chi connectivity index (χ4n) is 3.13. The first-order valence-electron chi connectivity index (χ1n) is 8.60. The minimum Gasteiger partial charge on any atom is -0.356 e. The number of guanidine groups is 1. The molecule has 1 saturated heterocycles. The number of nitrogens with one attached hydrogen (secondary N) is 2. The maximum Gasteiger partial charge on any atom is 0.191 e. The number of piperidine rings is 1. The molecule has 0 bridgehead atoms. The summed E-state index contributed by atoms with van der Waals surface area (Å²) in [5.74, 6) is 1.48. The summed E-state index contributed by atoms with van der Waals surface area (Å²) in [5, 5.41) is 7.92. The summed E-state index contributed by atoms with van der Waals surface area (Å²) in [6.45, 7) is 8.49. The first kappa shape index (κ1) is 22.9. The van der Waals surface area contributed by atoms with E-state index in [0.717, 1.165) is 24.7 Å². The van der Waals surface area contributed by atoms with Crippen molar-refractivity contribution < 1.29 is 0 Å². The fraction of sp³-hybridized carbons (Fsp3) is 0.706. The lowest BCUT2D eigenvalue weighted by molar-refractivity contribution is 0.141. The van der Waals surface area contributed by atoms with E-state index in [1.165, 1.54) is 19.4 Å². The highest BCUT2D eigenvalue weighted by molar-refractivity contribution is 14.0. The molecule has 2 heterocycles. The zero-order valence-corrected chi connectivity index (χ0v) is 19.3. The van der Waals surface area contributed by atoms with Gasteiger partial charge in [0.05, 0.1) is 11.6 Å². The van der Waals surface area contributed by atoms with Crippen molar-refractivity contribution in [1.29, 1.82) is 0 Å². The molecule has 1 unspecified atom stereocenters. The lowest BCUT2D eigenvalue weighted by atomic mass is 9.97. The molecule has 25 heavy (non-hydrogen) atoms. The second kappa shape index (κ2) is 10.8. The molecule has 5 nitrogen and oxygen atoms in total. The molecule has 2 rings (SSSR count). The quantitative estimate of drug-likeness (QED) is 0.367. The monoisotopic (exact) mass is 501 g/mol. The van der Waals surface area contributed by atoms with Gasteiger partial charge in [-0.3, -0.25) is 4.99 Å².